The zero-order chi connectivity index (χ0) is 15.0. The van der Waals surface area contributed by atoms with Crippen molar-refractivity contribution in [2.45, 2.75) is 27.3 Å². The van der Waals surface area contributed by atoms with E-state index < -0.39 is 0 Å². The number of amides is 1. The number of rotatable bonds is 3. The van der Waals surface area contributed by atoms with Crippen molar-refractivity contribution < 1.29 is 4.79 Å². The summed E-state index contributed by atoms with van der Waals surface area (Å²) < 4.78 is 3.82. The van der Waals surface area contributed by atoms with Gasteiger partial charge in [-0.3, -0.25) is 9.48 Å². The fourth-order valence-electron chi connectivity index (χ4n) is 2.40. The van der Waals surface area contributed by atoms with Crippen molar-refractivity contribution in [1.82, 2.24) is 19.2 Å². The predicted molar refractivity (Wildman–Crippen MR) is 78.6 cm³/mol. The van der Waals surface area contributed by atoms with E-state index in [-0.39, 0.29) is 5.91 Å². The highest BCUT2D eigenvalue weighted by molar-refractivity contribution is 5.95. The van der Waals surface area contributed by atoms with Gasteiger partial charge in [-0.25, -0.2) is 0 Å². The molecule has 2 aromatic rings. The smallest absolute Gasteiger partial charge is 0.255 e. The molecule has 0 fully saturated rings. The van der Waals surface area contributed by atoms with E-state index in [4.69, 9.17) is 0 Å². The van der Waals surface area contributed by atoms with E-state index >= 15 is 0 Å². The molecule has 0 unspecified atom stereocenters. The maximum absolute atomic E-state index is 12.5. The molecule has 0 aliphatic heterocycles. The lowest BCUT2D eigenvalue weighted by Crippen LogP contribution is -2.27. The Labute approximate surface area is 119 Å². The quantitative estimate of drug-likeness (QED) is 0.858. The molecule has 5 heteroatoms. The lowest BCUT2D eigenvalue weighted by molar-refractivity contribution is 0.0784. The standard InChI is InChI=1S/C15H22N4O/c1-10-14(12(3)19(6)16-10)9-18(5)15(20)13-7-8-17(4)11(13)2/h7-8H,9H2,1-6H3. The van der Waals surface area contributed by atoms with Gasteiger partial charge in [0.05, 0.1) is 11.3 Å². The Kier molecular flexibility index (Phi) is 3.70. The summed E-state index contributed by atoms with van der Waals surface area (Å²) in [4.78, 5) is 14.2. The number of nitrogens with zero attached hydrogens (tertiary/aromatic N) is 4. The lowest BCUT2D eigenvalue weighted by atomic mass is 10.1. The molecule has 0 saturated carbocycles. The summed E-state index contributed by atoms with van der Waals surface area (Å²) in [5.41, 5.74) is 4.95. The van der Waals surface area contributed by atoms with E-state index in [1.165, 1.54) is 0 Å². The molecule has 0 aliphatic carbocycles. The van der Waals surface area contributed by atoms with Crippen LogP contribution in [0.4, 0.5) is 0 Å². The van der Waals surface area contributed by atoms with E-state index in [0.717, 1.165) is 28.2 Å². The summed E-state index contributed by atoms with van der Waals surface area (Å²) in [6.07, 6.45) is 1.91. The van der Waals surface area contributed by atoms with E-state index in [2.05, 4.69) is 5.10 Å². The fraction of sp³-hybridized carbons (Fsp3) is 0.467. The Morgan fingerprint density at radius 2 is 1.90 bits per heavy atom. The van der Waals surface area contributed by atoms with Crippen LogP contribution in [-0.2, 0) is 20.6 Å². The van der Waals surface area contributed by atoms with Crippen molar-refractivity contribution in [3.63, 3.8) is 0 Å². The normalized spacial score (nSPS) is 10.9. The van der Waals surface area contributed by atoms with Crippen LogP contribution in [0.1, 0.15) is 33.0 Å². The Hall–Kier alpha value is -2.04. The van der Waals surface area contributed by atoms with Gasteiger partial charge in [0, 0.05) is 50.8 Å². The summed E-state index contributed by atoms with van der Waals surface area (Å²) in [5, 5.41) is 4.39. The van der Waals surface area contributed by atoms with Gasteiger partial charge in [0.1, 0.15) is 0 Å². The van der Waals surface area contributed by atoms with Gasteiger partial charge in [0.2, 0.25) is 0 Å². The first-order chi connectivity index (χ1) is 9.32. The lowest BCUT2D eigenvalue weighted by Gasteiger charge is -2.17. The molecule has 5 nitrogen and oxygen atoms in total. The average Bonchev–Trinajstić information content (AvgIpc) is 2.84. The minimum atomic E-state index is 0.0470. The van der Waals surface area contributed by atoms with Crippen LogP contribution in [0.25, 0.3) is 0 Å². The molecule has 0 aliphatic rings. The Morgan fingerprint density at radius 1 is 1.25 bits per heavy atom. The molecule has 0 spiro atoms. The van der Waals surface area contributed by atoms with Crippen LogP contribution in [0.15, 0.2) is 12.3 Å². The van der Waals surface area contributed by atoms with Crippen LogP contribution < -0.4 is 0 Å². The molecular formula is C15H22N4O. The first-order valence-electron chi connectivity index (χ1n) is 6.69. The minimum absolute atomic E-state index is 0.0470. The topological polar surface area (TPSA) is 43.1 Å². The molecule has 0 saturated heterocycles. The fourth-order valence-corrected chi connectivity index (χ4v) is 2.40. The van der Waals surface area contributed by atoms with Crippen molar-refractivity contribution in [2.75, 3.05) is 7.05 Å². The first-order valence-corrected chi connectivity index (χ1v) is 6.69. The molecule has 2 aromatic heterocycles. The third-order valence-corrected chi connectivity index (χ3v) is 4.01. The van der Waals surface area contributed by atoms with Crippen LogP contribution in [0.3, 0.4) is 0 Å². The molecule has 20 heavy (non-hydrogen) atoms. The number of aryl methyl sites for hydroxylation is 3. The van der Waals surface area contributed by atoms with Crippen LogP contribution in [0.5, 0.6) is 0 Å². The van der Waals surface area contributed by atoms with Gasteiger partial charge >= 0.3 is 0 Å². The monoisotopic (exact) mass is 274 g/mol. The van der Waals surface area contributed by atoms with E-state index in [9.17, 15) is 4.79 Å². The van der Waals surface area contributed by atoms with Crippen molar-refractivity contribution in [2.24, 2.45) is 14.1 Å². The highest BCUT2D eigenvalue weighted by Gasteiger charge is 2.19. The third-order valence-electron chi connectivity index (χ3n) is 4.01. The van der Waals surface area contributed by atoms with Gasteiger partial charge in [-0.05, 0) is 26.8 Å². The molecule has 0 N–H and O–H groups in total. The van der Waals surface area contributed by atoms with Crippen LogP contribution in [0.2, 0.25) is 0 Å². The molecular weight excluding hydrogens is 252 g/mol. The largest absolute Gasteiger partial charge is 0.354 e. The van der Waals surface area contributed by atoms with E-state index in [1.54, 1.807) is 4.90 Å². The van der Waals surface area contributed by atoms with Gasteiger partial charge in [-0.15, -0.1) is 0 Å². The average molecular weight is 274 g/mol. The summed E-state index contributed by atoms with van der Waals surface area (Å²) >= 11 is 0. The molecule has 2 heterocycles. The zero-order valence-corrected chi connectivity index (χ0v) is 13.1. The highest BCUT2D eigenvalue weighted by Crippen LogP contribution is 2.17. The highest BCUT2D eigenvalue weighted by atomic mass is 16.2. The summed E-state index contributed by atoms with van der Waals surface area (Å²) in [5.74, 6) is 0.0470. The summed E-state index contributed by atoms with van der Waals surface area (Å²) in [6, 6.07) is 1.87. The number of carbonyl (C=O) groups is 1. The molecule has 0 atom stereocenters. The van der Waals surface area contributed by atoms with Crippen LogP contribution in [0, 0.1) is 20.8 Å². The minimum Gasteiger partial charge on any atom is -0.354 e. The number of carbonyl (C=O) groups excluding carboxylic acids is 1. The summed E-state index contributed by atoms with van der Waals surface area (Å²) in [7, 11) is 5.71. The Morgan fingerprint density at radius 3 is 2.35 bits per heavy atom. The molecule has 1 amide bonds. The first kappa shape index (κ1) is 14.4. The van der Waals surface area contributed by atoms with Crippen LogP contribution in [-0.4, -0.2) is 32.2 Å². The number of hydrogen-bond donors (Lipinski definition) is 0. The van der Waals surface area contributed by atoms with Gasteiger partial charge in [-0.2, -0.15) is 5.10 Å². The molecule has 0 aromatic carbocycles. The van der Waals surface area contributed by atoms with Crippen molar-refractivity contribution in [3.8, 4) is 0 Å². The van der Waals surface area contributed by atoms with Crippen LogP contribution >= 0.6 is 0 Å². The van der Waals surface area contributed by atoms with E-state index in [0.29, 0.717) is 6.54 Å². The molecule has 0 radical (unpaired) electrons. The van der Waals surface area contributed by atoms with Crippen molar-refractivity contribution >= 4 is 5.91 Å². The third kappa shape index (κ3) is 2.35. The maximum Gasteiger partial charge on any atom is 0.255 e. The Balaban J connectivity index is 2.22. The maximum atomic E-state index is 12.5. The molecule has 0 bridgehead atoms. The van der Waals surface area contributed by atoms with Crippen molar-refractivity contribution in [1.29, 1.82) is 0 Å². The number of hydrogen-bond acceptors (Lipinski definition) is 2. The second-order valence-electron chi connectivity index (χ2n) is 5.36. The zero-order valence-electron chi connectivity index (χ0n) is 13.1. The van der Waals surface area contributed by atoms with Gasteiger partial charge < -0.3 is 9.47 Å². The van der Waals surface area contributed by atoms with Gasteiger partial charge in [0.15, 0.2) is 0 Å². The van der Waals surface area contributed by atoms with Crippen molar-refractivity contribution in [3.05, 3.63) is 40.5 Å². The SMILES string of the molecule is Cc1nn(C)c(C)c1CN(C)C(=O)c1ccn(C)c1C. The predicted octanol–water partition coefficient (Wildman–Crippen LogP) is 1.96. The van der Waals surface area contributed by atoms with Gasteiger partial charge in [0.25, 0.3) is 5.91 Å². The van der Waals surface area contributed by atoms with Gasteiger partial charge in [-0.1, -0.05) is 0 Å². The second kappa shape index (κ2) is 5.15. The summed E-state index contributed by atoms with van der Waals surface area (Å²) in [6.45, 7) is 6.55. The molecule has 108 valence electrons. The second-order valence-corrected chi connectivity index (χ2v) is 5.36. The number of aromatic nitrogens is 3. The van der Waals surface area contributed by atoms with E-state index in [1.807, 2.05) is 63.4 Å². The molecule has 2 rings (SSSR count). The Bertz CT molecular complexity index is 651.